The fraction of sp³-hybridized carbons (Fsp3) is 0.200. The second-order valence-corrected chi connectivity index (χ2v) is 8.24. The van der Waals surface area contributed by atoms with Gasteiger partial charge in [0.05, 0.1) is 0 Å². The van der Waals surface area contributed by atoms with Gasteiger partial charge in [-0.15, -0.1) is 0 Å². The Bertz CT molecular complexity index is 1170. The molecule has 0 bridgehead atoms. The molecule has 1 aliphatic heterocycles. The van der Waals surface area contributed by atoms with E-state index in [4.69, 9.17) is 16.3 Å². The monoisotopic (exact) mass is 467 g/mol. The van der Waals surface area contributed by atoms with Crippen molar-refractivity contribution >= 4 is 34.9 Å². The number of rotatable bonds is 5. The largest absolute Gasteiger partial charge is 0.481 e. The molecule has 3 aromatic carbocycles. The zero-order valence-corrected chi connectivity index (χ0v) is 18.7. The molecule has 3 aromatic rings. The number of ether oxygens (including phenoxy) is 1. The van der Waals surface area contributed by atoms with E-state index < -0.39 is 12.1 Å². The average molecular weight is 468 g/mol. The van der Waals surface area contributed by atoms with E-state index in [0.717, 1.165) is 11.1 Å². The number of hydrogen-bond acceptors (Lipinski definition) is 3. The molecule has 170 valence electrons. The van der Waals surface area contributed by atoms with Gasteiger partial charge in [0.2, 0.25) is 0 Å². The number of halogens is 2. The van der Waals surface area contributed by atoms with Crippen LogP contribution in [0, 0.1) is 5.82 Å². The Balaban J connectivity index is 1.46. The van der Waals surface area contributed by atoms with E-state index in [1.165, 1.54) is 12.1 Å². The number of carbonyl (C=O) groups excluding carboxylic acids is 2. The van der Waals surface area contributed by atoms with Crippen molar-refractivity contribution < 1.29 is 18.7 Å². The number of hydrogen-bond donors (Lipinski definition) is 2. The number of nitrogens with one attached hydrogen (secondary N) is 2. The van der Waals surface area contributed by atoms with Gasteiger partial charge < -0.3 is 20.3 Å². The van der Waals surface area contributed by atoms with Crippen LogP contribution in [0.1, 0.15) is 18.1 Å². The molecule has 0 aliphatic carbocycles. The van der Waals surface area contributed by atoms with Crippen LogP contribution in [0.15, 0.2) is 66.7 Å². The molecule has 1 unspecified atom stereocenters. The summed E-state index contributed by atoms with van der Waals surface area (Å²) in [7, 11) is 0. The third-order valence-electron chi connectivity index (χ3n) is 5.31. The van der Waals surface area contributed by atoms with Gasteiger partial charge in [-0.2, -0.15) is 0 Å². The summed E-state index contributed by atoms with van der Waals surface area (Å²) < 4.78 is 19.0. The van der Waals surface area contributed by atoms with Crippen molar-refractivity contribution in [1.82, 2.24) is 4.90 Å². The third kappa shape index (κ3) is 5.81. The lowest BCUT2D eigenvalue weighted by molar-refractivity contribution is -0.137. The highest BCUT2D eigenvalue weighted by Crippen LogP contribution is 2.29. The zero-order valence-electron chi connectivity index (χ0n) is 18.0. The molecule has 0 radical (unpaired) electrons. The Kier molecular flexibility index (Phi) is 6.79. The fourth-order valence-corrected chi connectivity index (χ4v) is 3.83. The molecule has 0 fully saturated rings. The van der Waals surface area contributed by atoms with E-state index in [1.807, 2.05) is 0 Å². The molecular formula is C25H23ClFN3O3. The highest BCUT2D eigenvalue weighted by Gasteiger charge is 2.27. The number of benzene rings is 3. The molecule has 4 rings (SSSR count). The predicted octanol–water partition coefficient (Wildman–Crippen LogP) is 5.48. The number of fused-ring (bicyclic) bond motifs is 1. The lowest BCUT2D eigenvalue weighted by atomic mass is 10.1. The minimum atomic E-state index is -0.635. The lowest BCUT2D eigenvalue weighted by Crippen LogP contribution is -2.39. The van der Waals surface area contributed by atoms with Crippen molar-refractivity contribution in [3.63, 3.8) is 0 Å². The molecule has 8 heteroatoms. The molecule has 1 atom stereocenters. The van der Waals surface area contributed by atoms with E-state index in [-0.39, 0.29) is 11.7 Å². The Morgan fingerprint density at radius 1 is 1.09 bits per heavy atom. The second kappa shape index (κ2) is 9.92. The summed E-state index contributed by atoms with van der Waals surface area (Å²) in [6, 6.07) is 18.0. The van der Waals surface area contributed by atoms with Gasteiger partial charge in [-0.05, 0) is 67.4 Å². The predicted molar refractivity (Wildman–Crippen MR) is 126 cm³/mol. The van der Waals surface area contributed by atoms with Crippen LogP contribution in [0.3, 0.4) is 0 Å². The smallest absolute Gasteiger partial charge is 0.323 e. The van der Waals surface area contributed by atoms with Crippen molar-refractivity contribution in [2.75, 3.05) is 17.2 Å². The van der Waals surface area contributed by atoms with Crippen molar-refractivity contribution in [3.8, 4) is 5.75 Å². The number of carbonyl (C=O) groups is 2. The number of anilines is 2. The Hall–Kier alpha value is -3.58. The third-order valence-corrected chi connectivity index (χ3v) is 5.54. The van der Waals surface area contributed by atoms with E-state index in [9.17, 15) is 14.0 Å². The molecular weight excluding hydrogens is 445 g/mol. The molecule has 1 aliphatic rings. The summed E-state index contributed by atoms with van der Waals surface area (Å²) in [5.41, 5.74) is 2.87. The summed E-state index contributed by atoms with van der Waals surface area (Å²) in [5, 5.41) is 6.05. The van der Waals surface area contributed by atoms with Crippen molar-refractivity contribution in [1.29, 1.82) is 0 Å². The topological polar surface area (TPSA) is 70.7 Å². The summed E-state index contributed by atoms with van der Waals surface area (Å²) in [5.74, 6) is 0.183. The minimum Gasteiger partial charge on any atom is -0.481 e. The van der Waals surface area contributed by atoms with Crippen LogP contribution in [0.25, 0.3) is 0 Å². The van der Waals surface area contributed by atoms with E-state index in [1.54, 1.807) is 66.4 Å². The first-order valence-electron chi connectivity index (χ1n) is 10.5. The van der Waals surface area contributed by atoms with Crippen LogP contribution in [-0.2, 0) is 17.8 Å². The molecule has 3 amide bonds. The average Bonchev–Trinajstić information content (AvgIpc) is 2.89. The van der Waals surface area contributed by atoms with Gasteiger partial charge >= 0.3 is 6.03 Å². The molecule has 0 saturated heterocycles. The maximum atomic E-state index is 13.2. The number of urea groups is 1. The van der Waals surface area contributed by atoms with Gasteiger partial charge in [-0.3, -0.25) is 4.79 Å². The van der Waals surface area contributed by atoms with Crippen molar-refractivity contribution in [2.45, 2.75) is 26.0 Å². The first-order chi connectivity index (χ1) is 15.9. The van der Waals surface area contributed by atoms with Crippen LogP contribution >= 0.6 is 11.6 Å². The molecule has 33 heavy (non-hydrogen) atoms. The summed E-state index contributed by atoms with van der Waals surface area (Å²) in [4.78, 5) is 26.9. The first-order valence-corrected chi connectivity index (χ1v) is 10.9. The van der Waals surface area contributed by atoms with E-state index in [2.05, 4.69) is 10.6 Å². The zero-order chi connectivity index (χ0) is 23.4. The summed E-state index contributed by atoms with van der Waals surface area (Å²) in [6.07, 6.45) is -0.0435. The minimum absolute atomic E-state index is 0.124. The normalized spacial score (nSPS) is 15.3. The highest BCUT2D eigenvalue weighted by atomic mass is 35.5. The standard InChI is InChI=1S/C25H23ClFN3O3/c1-16-24(31)30(12-11-17-5-7-20(27)8-6-17)15-18-13-22(9-10-23(18)33-16)29-25(32)28-21-4-2-3-19(26)14-21/h2-10,13-14,16H,11-12,15H2,1H3,(H2,28,29,32). The molecule has 2 N–H and O–H groups in total. The molecule has 0 saturated carbocycles. The van der Waals surface area contributed by atoms with Gasteiger partial charge in [0.25, 0.3) is 5.91 Å². The maximum Gasteiger partial charge on any atom is 0.323 e. The SMILES string of the molecule is CC1Oc2ccc(NC(=O)Nc3cccc(Cl)c3)cc2CN(CCc2ccc(F)cc2)C1=O. The van der Waals surface area contributed by atoms with Crippen LogP contribution in [0.5, 0.6) is 5.75 Å². The van der Waals surface area contributed by atoms with Gasteiger partial charge in [0, 0.05) is 35.1 Å². The molecule has 1 heterocycles. The van der Waals surface area contributed by atoms with Crippen LogP contribution < -0.4 is 15.4 Å². The van der Waals surface area contributed by atoms with Crippen molar-refractivity contribution in [3.05, 3.63) is 88.7 Å². The maximum absolute atomic E-state index is 13.2. The van der Waals surface area contributed by atoms with E-state index in [0.29, 0.717) is 41.7 Å². The second-order valence-electron chi connectivity index (χ2n) is 7.81. The van der Waals surface area contributed by atoms with E-state index >= 15 is 0 Å². The molecule has 6 nitrogen and oxygen atoms in total. The van der Waals surface area contributed by atoms with Gasteiger partial charge in [0.1, 0.15) is 11.6 Å². The highest BCUT2D eigenvalue weighted by molar-refractivity contribution is 6.30. The summed E-state index contributed by atoms with van der Waals surface area (Å²) >= 11 is 5.96. The van der Waals surface area contributed by atoms with Crippen LogP contribution in [0.2, 0.25) is 5.02 Å². The molecule has 0 spiro atoms. The number of amides is 3. The van der Waals surface area contributed by atoms with Gasteiger partial charge in [-0.25, -0.2) is 9.18 Å². The van der Waals surface area contributed by atoms with Crippen LogP contribution in [0.4, 0.5) is 20.6 Å². The summed E-state index contributed by atoms with van der Waals surface area (Å²) in [6.45, 7) is 2.52. The quantitative estimate of drug-likeness (QED) is 0.522. The first kappa shape index (κ1) is 22.6. The molecule has 0 aromatic heterocycles. The number of nitrogens with zero attached hydrogens (tertiary/aromatic N) is 1. The fourth-order valence-electron chi connectivity index (χ4n) is 3.64. The van der Waals surface area contributed by atoms with Gasteiger partial charge in [0.15, 0.2) is 6.10 Å². The lowest BCUT2D eigenvalue weighted by Gasteiger charge is -2.22. The Labute approximate surface area is 196 Å². The van der Waals surface area contributed by atoms with Crippen LogP contribution in [-0.4, -0.2) is 29.5 Å². The van der Waals surface area contributed by atoms with Crippen molar-refractivity contribution in [2.24, 2.45) is 0 Å². The Morgan fingerprint density at radius 2 is 1.82 bits per heavy atom. The Morgan fingerprint density at radius 3 is 2.55 bits per heavy atom. The van der Waals surface area contributed by atoms with Gasteiger partial charge in [-0.1, -0.05) is 29.8 Å².